The van der Waals surface area contributed by atoms with Crippen molar-refractivity contribution < 1.29 is 14.7 Å². The first-order valence-corrected chi connectivity index (χ1v) is 6.63. The lowest BCUT2D eigenvalue weighted by molar-refractivity contribution is -0.138. The Morgan fingerprint density at radius 3 is 2.41 bits per heavy atom. The molecular weight excluding hydrogens is 218 g/mol. The van der Waals surface area contributed by atoms with E-state index in [1.165, 1.54) is 19.3 Å². The molecule has 0 radical (unpaired) electrons. The molecule has 98 valence electrons. The molecule has 0 aromatic rings. The molecule has 4 nitrogen and oxygen atoms in total. The molecule has 0 unspecified atom stereocenters. The van der Waals surface area contributed by atoms with Gasteiger partial charge >= 0.3 is 5.97 Å². The molecule has 0 heterocycles. The Balaban J connectivity index is 2.34. The third-order valence-electron chi connectivity index (χ3n) is 3.52. The predicted molar refractivity (Wildman–Crippen MR) is 65.7 cm³/mol. The van der Waals surface area contributed by atoms with Crippen molar-refractivity contribution in [1.29, 1.82) is 0 Å². The van der Waals surface area contributed by atoms with Gasteiger partial charge in [0.05, 0.1) is 6.42 Å². The average molecular weight is 241 g/mol. The van der Waals surface area contributed by atoms with Gasteiger partial charge in [0.15, 0.2) is 0 Å². The van der Waals surface area contributed by atoms with E-state index in [-0.39, 0.29) is 12.3 Å². The Morgan fingerprint density at radius 2 is 1.88 bits per heavy atom. The smallest absolute Gasteiger partial charge is 0.305 e. The normalized spacial score (nSPS) is 16.8. The zero-order valence-electron chi connectivity index (χ0n) is 10.7. The molecule has 0 aromatic carbocycles. The number of carboxylic acids is 1. The van der Waals surface area contributed by atoms with Gasteiger partial charge in [-0.25, -0.2) is 0 Å². The predicted octanol–water partition coefficient (Wildman–Crippen LogP) is 2.28. The van der Waals surface area contributed by atoms with Crippen LogP contribution in [-0.2, 0) is 9.59 Å². The third-order valence-corrected chi connectivity index (χ3v) is 3.52. The lowest BCUT2D eigenvalue weighted by Crippen LogP contribution is -2.34. The molecule has 17 heavy (non-hydrogen) atoms. The van der Waals surface area contributed by atoms with E-state index in [4.69, 9.17) is 5.11 Å². The highest BCUT2D eigenvalue weighted by Crippen LogP contribution is 2.26. The Hall–Kier alpha value is -1.06. The molecule has 1 amide bonds. The van der Waals surface area contributed by atoms with Crippen molar-refractivity contribution >= 4 is 11.9 Å². The van der Waals surface area contributed by atoms with Gasteiger partial charge in [-0.15, -0.1) is 0 Å². The van der Waals surface area contributed by atoms with E-state index >= 15 is 0 Å². The molecule has 0 aromatic heterocycles. The third kappa shape index (κ3) is 5.20. The van der Waals surface area contributed by atoms with E-state index in [2.05, 4.69) is 0 Å². The van der Waals surface area contributed by atoms with Crippen molar-refractivity contribution in [2.75, 3.05) is 13.1 Å². The fourth-order valence-corrected chi connectivity index (χ4v) is 2.46. The molecule has 1 N–H and O–H groups in total. The molecule has 0 aliphatic heterocycles. The van der Waals surface area contributed by atoms with E-state index in [9.17, 15) is 9.59 Å². The van der Waals surface area contributed by atoms with Crippen LogP contribution in [0.2, 0.25) is 0 Å². The van der Waals surface area contributed by atoms with E-state index in [1.807, 2.05) is 6.92 Å². The second-order valence-electron chi connectivity index (χ2n) is 4.83. The molecule has 1 aliphatic rings. The first-order valence-electron chi connectivity index (χ1n) is 6.63. The molecular formula is C13H23NO3. The highest BCUT2D eigenvalue weighted by Gasteiger charge is 2.20. The van der Waals surface area contributed by atoms with Gasteiger partial charge in [0, 0.05) is 19.5 Å². The monoisotopic (exact) mass is 241 g/mol. The van der Waals surface area contributed by atoms with Gasteiger partial charge in [-0.3, -0.25) is 9.59 Å². The molecule has 1 aliphatic carbocycles. The second kappa shape index (κ2) is 7.30. The quantitative estimate of drug-likeness (QED) is 0.776. The van der Waals surface area contributed by atoms with Crippen LogP contribution in [0.4, 0.5) is 0 Å². The highest BCUT2D eigenvalue weighted by molar-refractivity contribution is 5.77. The summed E-state index contributed by atoms with van der Waals surface area (Å²) < 4.78 is 0. The SMILES string of the molecule is CCN(CCC(=O)O)C(=O)CC1CCCCC1. The zero-order chi connectivity index (χ0) is 12.7. The maximum absolute atomic E-state index is 12.0. The summed E-state index contributed by atoms with van der Waals surface area (Å²) >= 11 is 0. The fourth-order valence-electron chi connectivity index (χ4n) is 2.46. The molecule has 0 saturated heterocycles. The molecule has 0 bridgehead atoms. The Labute approximate surface area is 103 Å². The zero-order valence-corrected chi connectivity index (χ0v) is 10.7. The summed E-state index contributed by atoms with van der Waals surface area (Å²) in [5.41, 5.74) is 0. The van der Waals surface area contributed by atoms with Crippen molar-refractivity contribution in [3.63, 3.8) is 0 Å². The van der Waals surface area contributed by atoms with E-state index < -0.39 is 5.97 Å². The average Bonchev–Trinajstić information content (AvgIpc) is 2.30. The van der Waals surface area contributed by atoms with Gasteiger partial charge in [-0.1, -0.05) is 19.3 Å². The maximum Gasteiger partial charge on any atom is 0.305 e. The number of hydrogen-bond acceptors (Lipinski definition) is 2. The number of carbonyl (C=O) groups excluding carboxylic acids is 1. The molecule has 0 atom stereocenters. The number of rotatable bonds is 6. The van der Waals surface area contributed by atoms with Crippen LogP contribution in [-0.4, -0.2) is 35.0 Å². The summed E-state index contributed by atoms with van der Waals surface area (Å²) in [4.78, 5) is 24.2. The van der Waals surface area contributed by atoms with Crippen molar-refractivity contribution in [2.24, 2.45) is 5.92 Å². The van der Waals surface area contributed by atoms with Crippen LogP contribution in [0.3, 0.4) is 0 Å². The number of aliphatic carboxylic acids is 1. The Bertz CT molecular complexity index is 259. The minimum atomic E-state index is -0.839. The van der Waals surface area contributed by atoms with Crippen molar-refractivity contribution in [2.45, 2.75) is 51.9 Å². The van der Waals surface area contributed by atoms with Crippen LogP contribution in [0, 0.1) is 5.92 Å². The van der Waals surface area contributed by atoms with E-state index in [0.717, 1.165) is 12.8 Å². The highest BCUT2D eigenvalue weighted by atomic mass is 16.4. The van der Waals surface area contributed by atoms with Crippen LogP contribution in [0.5, 0.6) is 0 Å². The first-order chi connectivity index (χ1) is 8.13. The van der Waals surface area contributed by atoms with Crippen LogP contribution in [0.1, 0.15) is 51.9 Å². The summed E-state index contributed by atoms with van der Waals surface area (Å²) in [5, 5.41) is 8.62. The van der Waals surface area contributed by atoms with E-state index in [0.29, 0.717) is 25.4 Å². The van der Waals surface area contributed by atoms with Crippen molar-refractivity contribution in [1.82, 2.24) is 4.90 Å². The summed E-state index contributed by atoms with van der Waals surface area (Å²) in [6.07, 6.45) is 6.72. The number of carbonyl (C=O) groups is 2. The largest absolute Gasteiger partial charge is 0.481 e. The first kappa shape index (κ1) is 14.0. The second-order valence-corrected chi connectivity index (χ2v) is 4.83. The molecule has 1 saturated carbocycles. The standard InChI is InChI=1S/C13H23NO3/c1-2-14(9-8-13(16)17)12(15)10-11-6-4-3-5-7-11/h11H,2-10H2,1H3,(H,16,17). The lowest BCUT2D eigenvalue weighted by atomic mass is 9.86. The van der Waals surface area contributed by atoms with Crippen LogP contribution in [0.25, 0.3) is 0 Å². The van der Waals surface area contributed by atoms with Gasteiger partial charge in [0.25, 0.3) is 0 Å². The van der Waals surface area contributed by atoms with Crippen molar-refractivity contribution in [3.8, 4) is 0 Å². The maximum atomic E-state index is 12.0. The Kier molecular flexibility index (Phi) is 6.01. The van der Waals surface area contributed by atoms with Gasteiger partial charge in [-0.2, -0.15) is 0 Å². The fraction of sp³-hybridized carbons (Fsp3) is 0.846. The summed E-state index contributed by atoms with van der Waals surface area (Å²) in [6.45, 7) is 2.86. The summed E-state index contributed by atoms with van der Waals surface area (Å²) in [5.74, 6) is -0.190. The van der Waals surface area contributed by atoms with Crippen molar-refractivity contribution in [3.05, 3.63) is 0 Å². The van der Waals surface area contributed by atoms with Gasteiger partial charge in [0.1, 0.15) is 0 Å². The topological polar surface area (TPSA) is 57.6 Å². The van der Waals surface area contributed by atoms with E-state index in [1.54, 1.807) is 4.90 Å². The summed E-state index contributed by atoms with van der Waals surface area (Å²) in [7, 11) is 0. The van der Waals surface area contributed by atoms with Gasteiger partial charge in [-0.05, 0) is 25.7 Å². The number of amides is 1. The molecule has 1 fully saturated rings. The summed E-state index contributed by atoms with van der Waals surface area (Å²) in [6, 6.07) is 0. The Morgan fingerprint density at radius 1 is 1.24 bits per heavy atom. The molecule has 0 spiro atoms. The number of carboxylic acid groups (broad SMARTS) is 1. The minimum absolute atomic E-state index is 0.0459. The lowest BCUT2D eigenvalue weighted by Gasteiger charge is -2.25. The molecule has 4 heteroatoms. The van der Waals surface area contributed by atoms with Crippen LogP contribution in [0.15, 0.2) is 0 Å². The number of nitrogens with zero attached hydrogens (tertiary/aromatic N) is 1. The van der Waals surface area contributed by atoms with Crippen LogP contribution < -0.4 is 0 Å². The molecule has 1 rings (SSSR count). The van der Waals surface area contributed by atoms with Gasteiger partial charge < -0.3 is 10.0 Å². The van der Waals surface area contributed by atoms with Gasteiger partial charge in [0.2, 0.25) is 5.91 Å². The number of hydrogen-bond donors (Lipinski definition) is 1. The van der Waals surface area contributed by atoms with Crippen LogP contribution >= 0.6 is 0 Å². The minimum Gasteiger partial charge on any atom is -0.481 e.